The molecule has 0 aliphatic carbocycles. The van der Waals surface area contributed by atoms with Gasteiger partial charge in [-0.1, -0.05) is 30.3 Å². The maximum atomic E-state index is 13.4. The van der Waals surface area contributed by atoms with Crippen molar-refractivity contribution in [2.45, 2.75) is 18.3 Å². The summed E-state index contributed by atoms with van der Waals surface area (Å²) in [7, 11) is 0. The predicted octanol–water partition coefficient (Wildman–Crippen LogP) is 2.71. The molecule has 0 spiro atoms. The van der Waals surface area contributed by atoms with Gasteiger partial charge in [-0.2, -0.15) is 13.2 Å². The first-order valence-corrected chi connectivity index (χ1v) is 9.59. The van der Waals surface area contributed by atoms with Gasteiger partial charge in [0.05, 0.1) is 29.1 Å². The normalized spacial score (nSPS) is 26.7. The molecule has 0 bridgehead atoms. The fourth-order valence-electron chi connectivity index (χ4n) is 4.96. The number of carbonyl (C=O) groups excluding carboxylic acids is 3. The Morgan fingerprint density at radius 3 is 2.39 bits per heavy atom. The van der Waals surface area contributed by atoms with Crippen molar-refractivity contribution >= 4 is 29.5 Å². The molecule has 2 saturated heterocycles. The van der Waals surface area contributed by atoms with Crippen molar-refractivity contribution in [1.29, 1.82) is 0 Å². The van der Waals surface area contributed by atoms with Crippen LogP contribution in [0, 0.1) is 11.8 Å². The summed E-state index contributed by atoms with van der Waals surface area (Å²) >= 11 is 0. The lowest BCUT2D eigenvalue weighted by molar-refractivity contribution is -0.137. The summed E-state index contributed by atoms with van der Waals surface area (Å²) in [4.78, 5) is 41.4. The molecule has 0 aromatic heterocycles. The van der Waals surface area contributed by atoms with E-state index in [-0.39, 0.29) is 5.69 Å². The average Bonchev–Trinajstić information content (AvgIpc) is 3.20. The highest BCUT2D eigenvalue weighted by Crippen LogP contribution is 2.53. The van der Waals surface area contributed by atoms with Crippen LogP contribution in [0.25, 0.3) is 6.08 Å². The van der Waals surface area contributed by atoms with Crippen LogP contribution < -0.4 is 10.6 Å². The maximum absolute atomic E-state index is 13.4. The highest BCUT2D eigenvalue weighted by Gasteiger charge is 2.64. The Morgan fingerprint density at radius 1 is 0.968 bits per heavy atom. The quantitative estimate of drug-likeness (QED) is 0.747. The van der Waals surface area contributed by atoms with Gasteiger partial charge in [0.2, 0.25) is 17.7 Å². The third kappa shape index (κ3) is 2.69. The number of imide groups is 1. The summed E-state index contributed by atoms with van der Waals surface area (Å²) < 4.78 is 39.5. The van der Waals surface area contributed by atoms with E-state index in [2.05, 4.69) is 0 Å². The highest BCUT2D eigenvalue weighted by molar-refractivity contribution is 6.24. The van der Waals surface area contributed by atoms with E-state index in [9.17, 15) is 27.6 Å². The van der Waals surface area contributed by atoms with Crippen LogP contribution in [0.3, 0.4) is 0 Å². The van der Waals surface area contributed by atoms with Crippen LogP contribution in [0.15, 0.2) is 54.7 Å². The monoisotopic (exact) mass is 427 g/mol. The number of halogens is 3. The standard InChI is InChI=1S/C22H16F3N3O3/c23-22(24,25)12-5-3-6-13(10-12)28-20(30)15-16(21(28)31)18(19(26)29)27-9-8-11-4-1-2-7-14(11)17(15)27/h1-10,15-18H,(H2,26,29)/t15-,16-,17+,18+/m0/s1. The van der Waals surface area contributed by atoms with Gasteiger partial charge in [0.15, 0.2) is 0 Å². The summed E-state index contributed by atoms with van der Waals surface area (Å²) in [6.45, 7) is 0. The van der Waals surface area contributed by atoms with Crippen LogP contribution in [0.4, 0.5) is 18.9 Å². The van der Waals surface area contributed by atoms with E-state index in [1.165, 1.54) is 6.07 Å². The minimum atomic E-state index is -4.63. The molecule has 158 valence electrons. The van der Waals surface area contributed by atoms with Gasteiger partial charge >= 0.3 is 6.18 Å². The topological polar surface area (TPSA) is 83.7 Å². The molecule has 31 heavy (non-hydrogen) atoms. The molecule has 6 nitrogen and oxygen atoms in total. The molecule has 3 aliphatic rings. The molecule has 2 fully saturated rings. The molecule has 3 amide bonds. The minimum Gasteiger partial charge on any atom is -0.368 e. The first-order valence-electron chi connectivity index (χ1n) is 9.59. The third-order valence-corrected chi connectivity index (χ3v) is 6.18. The first-order chi connectivity index (χ1) is 14.7. The van der Waals surface area contributed by atoms with E-state index < -0.39 is 53.4 Å². The number of primary amides is 1. The molecule has 2 N–H and O–H groups in total. The number of benzene rings is 2. The van der Waals surface area contributed by atoms with Gasteiger partial charge in [-0.15, -0.1) is 0 Å². The molecule has 0 saturated carbocycles. The van der Waals surface area contributed by atoms with Crippen molar-refractivity contribution in [1.82, 2.24) is 4.90 Å². The van der Waals surface area contributed by atoms with Crippen molar-refractivity contribution in [3.63, 3.8) is 0 Å². The van der Waals surface area contributed by atoms with Gasteiger partial charge < -0.3 is 10.6 Å². The summed E-state index contributed by atoms with van der Waals surface area (Å²) in [6.07, 6.45) is -1.20. The zero-order valence-corrected chi connectivity index (χ0v) is 15.9. The lowest BCUT2D eigenvalue weighted by Gasteiger charge is -2.34. The predicted molar refractivity (Wildman–Crippen MR) is 104 cm³/mol. The number of hydrogen-bond donors (Lipinski definition) is 1. The number of fused-ring (bicyclic) bond motifs is 5. The minimum absolute atomic E-state index is 0.173. The molecular weight excluding hydrogens is 411 g/mol. The van der Waals surface area contributed by atoms with Crippen molar-refractivity contribution in [3.8, 4) is 0 Å². The number of nitrogens with zero attached hydrogens (tertiary/aromatic N) is 2. The SMILES string of the molecule is NC(=O)[C@H]1[C@H]2C(=O)N(c3cccc(C(F)(F)F)c3)C(=O)[C@@H]2[C@H]2c3ccccc3C=CN21. The van der Waals surface area contributed by atoms with Gasteiger partial charge in [0.1, 0.15) is 6.04 Å². The molecule has 5 rings (SSSR count). The Balaban J connectivity index is 1.62. The van der Waals surface area contributed by atoms with E-state index in [4.69, 9.17) is 5.73 Å². The maximum Gasteiger partial charge on any atom is 0.416 e. The Hall–Kier alpha value is -3.62. The number of alkyl halides is 3. The lowest BCUT2D eigenvalue weighted by atomic mass is 9.84. The largest absolute Gasteiger partial charge is 0.416 e. The van der Waals surface area contributed by atoms with Crippen LogP contribution in [0.5, 0.6) is 0 Å². The Labute approximate surface area is 174 Å². The van der Waals surface area contributed by atoms with Crippen LogP contribution in [0.1, 0.15) is 22.7 Å². The molecule has 3 aliphatic heterocycles. The number of carbonyl (C=O) groups is 3. The van der Waals surface area contributed by atoms with E-state index in [1.54, 1.807) is 23.2 Å². The van der Waals surface area contributed by atoms with Crippen LogP contribution in [0.2, 0.25) is 0 Å². The van der Waals surface area contributed by atoms with Crippen molar-refractivity contribution in [3.05, 3.63) is 71.4 Å². The van der Waals surface area contributed by atoms with Crippen LogP contribution in [-0.4, -0.2) is 28.7 Å². The zero-order valence-electron chi connectivity index (χ0n) is 15.9. The number of anilines is 1. The molecule has 4 atom stereocenters. The smallest absolute Gasteiger partial charge is 0.368 e. The number of amides is 3. The third-order valence-electron chi connectivity index (χ3n) is 6.18. The molecule has 0 unspecified atom stereocenters. The second-order valence-electron chi connectivity index (χ2n) is 7.80. The summed E-state index contributed by atoms with van der Waals surface area (Å²) in [5.41, 5.74) is 6.06. The van der Waals surface area contributed by atoms with Crippen molar-refractivity contribution in [2.24, 2.45) is 17.6 Å². The fraction of sp³-hybridized carbons (Fsp3) is 0.227. The highest BCUT2D eigenvalue weighted by atomic mass is 19.4. The van der Waals surface area contributed by atoms with Crippen molar-refractivity contribution in [2.75, 3.05) is 4.90 Å². The van der Waals surface area contributed by atoms with E-state index >= 15 is 0 Å². The Bertz CT molecular complexity index is 1160. The van der Waals surface area contributed by atoms with Gasteiger partial charge in [0, 0.05) is 6.20 Å². The number of hydrogen-bond acceptors (Lipinski definition) is 4. The fourth-order valence-corrected chi connectivity index (χ4v) is 4.96. The van der Waals surface area contributed by atoms with Gasteiger partial charge in [0.25, 0.3) is 0 Å². The summed E-state index contributed by atoms with van der Waals surface area (Å²) in [6, 6.07) is 9.63. The zero-order chi connectivity index (χ0) is 22.1. The van der Waals surface area contributed by atoms with Gasteiger partial charge in [-0.05, 0) is 35.4 Å². The molecule has 2 aromatic carbocycles. The number of nitrogens with two attached hydrogens (primary N) is 1. The molecule has 2 aromatic rings. The van der Waals surface area contributed by atoms with Crippen molar-refractivity contribution < 1.29 is 27.6 Å². The second-order valence-corrected chi connectivity index (χ2v) is 7.80. The Kier molecular flexibility index (Phi) is 4.02. The lowest BCUT2D eigenvalue weighted by Crippen LogP contribution is -2.46. The van der Waals surface area contributed by atoms with Gasteiger partial charge in [-0.3, -0.25) is 14.4 Å². The average molecular weight is 427 g/mol. The second kappa shape index (κ2) is 6.44. The molecular formula is C22H16F3N3O3. The van der Waals surface area contributed by atoms with Crippen LogP contribution >= 0.6 is 0 Å². The summed E-state index contributed by atoms with van der Waals surface area (Å²) in [5, 5.41) is 0. The number of rotatable bonds is 2. The first kappa shape index (κ1) is 19.3. The van der Waals surface area contributed by atoms with E-state index in [0.717, 1.165) is 34.2 Å². The molecule has 3 heterocycles. The van der Waals surface area contributed by atoms with E-state index in [0.29, 0.717) is 0 Å². The Morgan fingerprint density at radius 2 is 1.68 bits per heavy atom. The molecule has 9 heteroatoms. The summed E-state index contributed by atoms with van der Waals surface area (Å²) in [5.74, 6) is -4.16. The van der Waals surface area contributed by atoms with Gasteiger partial charge in [-0.25, -0.2) is 4.90 Å². The van der Waals surface area contributed by atoms with E-state index in [1.807, 2.05) is 18.2 Å². The van der Waals surface area contributed by atoms with Crippen LogP contribution in [-0.2, 0) is 20.6 Å². The molecule has 0 radical (unpaired) electrons.